The fraction of sp³-hybridized carbons (Fsp3) is 0.355. The van der Waals surface area contributed by atoms with E-state index >= 15 is 0 Å². The van der Waals surface area contributed by atoms with Crippen molar-refractivity contribution in [1.29, 1.82) is 0 Å². The van der Waals surface area contributed by atoms with Gasteiger partial charge in [-0.2, -0.15) is 0 Å². The molecule has 3 aromatic rings. The van der Waals surface area contributed by atoms with Crippen LogP contribution in [0, 0.1) is 7.14 Å². The maximum Gasteiger partial charge on any atom is 0.212 e. The first-order valence-electron chi connectivity index (χ1n) is 12.5. The van der Waals surface area contributed by atoms with Gasteiger partial charge in [0.05, 0.1) is 8.99 Å². The number of likely N-dealkylation sites (N-methyl/N-ethyl adjacent to an activating group) is 2. The summed E-state index contributed by atoms with van der Waals surface area (Å²) in [6, 6.07) is 22.5. The molecule has 6 rings (SSSR count). The maximum atomic E-state index is 7.14. The fourth-order valence-corrected chi connectivity index (χ4v) is 8.84. The maximum absolute atomic E-state index is 7.14. The predicted octanol–water partition coefficient (Wildman–Crippen LogP) is 7.98. The van der Waals surface area contributed by atoms with Crippen molar-refractivity contribution in [3.05, 3.63) is 90.6 Å². The molecule has 3 aliphatic heterocycles. The number of ether oxygens (including phenoxy) is 1. The summed E-state index contributed by atoms with van der Waals surface area (Å²) in [5.41, 5.74) is 7.17. The van der Waals surface area contributed by atoms with E-state index in [0.717, 1.165) is 12.2 Å². The summed E-state index contributed by atoms with van der Waals surface area (Å²) in [5, 5.41) is 0. The van der Waals surface area contributed by atoms with Crippen LogP contribution in [0.1, 0.15) is 50.8 Å². The molecule has 186 valence electrons. The van der Waals surface area contributed by atoms with Gasteiger partial charge < -0.3 is 14.5 Å². The molecule has 0 radical (unpaired) electrons. The lowest BCUT2D eigenvalue weighted by molar-refractivity contribution is 0.0561. The third-order valence-corrected chi connectivity index (χ3v) is 10.4. The van der Waals surface area contributed by atoms with Crippen molar-refractivity contribution in [3.8, 4) is 5.75 Å². The lowest BCUT2D eigenvalue weighted by Gasteiger charge is -2.47. The van der Waals surface area contributed by atoms with Crippen molar-refractivity contribution in [3.63, 3.8) is 0 Å². The van der Waals surface area contributed by atoms with E-state index in [1.807, 2.05) is 0 Å². The number of halogens is 2. The van der Waals surface area contributed by atoms with E-state index in [0.29, 0.717) is 6.04 Å². The smallest absolute Gasteiger partial charge is 0.212 e. The number of benzene rings is 3. The Hall–Kier alpha value is -1.74. The first-order chi connectivity index (χ1) is 17.0. The molecule has 3 heterocycles. The molecule has 5 heteroatoms. The number of fused-ring (bicyclic) bond motifs is 3. The zero-order chi connectivity index (χ0) is 25.6. The normalized spacial score (nSPS) is 24.8. The fourth-order valence-electron chi connectivity index (χ4n) is 6.89. The molecule has 0 amide bonds. The largest absolute Gasteiger partial charge is 0.462 e. The van der Waals surface area contributed by atoms with E-state index in [2.05, 4.69) is 164 Å². The number of rotatable bonds is 2. The van der Waals surface area contributed by atoms with Gasteiger partial charge in [0.2, 0.25) is 5.72 Å². The van der Waals surface area contributed by atoms with Gasteiger partial charge in [0.25, 0.3) is 0 Å². The van der Waals surface area contributed by atoms with E-state index in [4.69, 9.17) is 4.74 Å². The summed E-state index contributed by atoms with van der Waals surface area (Å²) in [4.78, 5) is 4.85. The Balaban J connectivity index is 1.54. The van der Waals surface area contributed by atoms with Gasteiger partial charge in [-0.1, -0.05) is 50.2 Å². The summed E-state index contributed by atoms with van der Waals surface area (Å²) < 4.78 is 9.55. The minimum atomic E-state index is -0.597. The highest BCUT2D eigenvalue weighted by atomic mass is 127. The Bertz CT molecular complexity index is 1430. The molecule has 0 saturated heterocycles. The van der Waals surface area contributed by atoms with E-state index in [-0.39, 0.29) is 10.8 Å². The Kier molecular flexibility index (Phi) is 5.55. The molecule has 0 saturated carbocycles. The second-order valence-electron chi connectivity index (χ2n) is 11.5. The van der Waals surface area contributed by atoms with Crippen molar-refractivity contribution in [2.75, 3.05) is 23.9 Å². The van der Waals surface area contributed by atoms with Gasteiger partial charge in [-0.15, -0.1) is 0 Å². The minimum Gasteiger partial charge on any atom is -0.462 e. The number of nitrogens with zero attached hydrogens (tertiary/aromatic N) is 2. The van der Waals surface area contributed by atoms with Gasteiger partial charge in [-0.3, -0.25) is 0 Å². The highest BCUT2D eigenvalue weighted by Gasteiger charge is 2.59. The van der Waals surface area contributed by atoms with Crippen LogP contribution in [0.15, 0.2) is 66.7 Å². The lowest BCUT2D eigenvalue weighted by atomic mass is 9.73. The molecule has 1 spiro atoms. The zero-order valence-electron chi connectivity index (χ0n) is 21.7. The topological polar surface area (TPSA) is 15.7 Å². The highest BCUT2D eigenvalue weighted by Crippen LogP contribution is 2.57. The predicted molar refractivity (Wildman–Crippen MR) is 167 cm³/mol. The summed E-state index contributed by atoms with van der Waals surface area (Å²) in [6.45, 7) is 9.46. The van der Waals surface area contributed by atoms with E-state index in [1.54, 1.807) is 0 Å². The standard InChI is InChI=1S/C31H32I2N2O/c1-29(2)22-11-7-9-13-25(22)34(5)27(29)15-19-18-31(36-28-21(19)16-20(32)17-24(28)33)30(3,4)23-12-8-10-14-26(23)35(31)6/h7-14,16-18,27H,15H2,1-6H3. The van der Waals surface area contributed by atoms with Crippen LogP contribution in [0.5, 0.6) is 5.75 Å². The van der Waals surface area contributed by atoms with Crippen LogP contribution >= 0.6 is 45.2 Å². The molecule has 3 nitrogen and oxygen atoms in total. The Morgan fingerprint density at radius 3 is 2.17 bits per heavy atom. The summed E-state index contributed by atoms with van der Waals surface area (Å²) in [6.07, 6.45) is 3.40. The Morgan fingerprint density at radius 1 is 0.861 bits per heavy atom. The van der Waals surface area contributed by atoms with Crippen molar-refractivity contribution in [1.82, 2.24) is 0 Å². The van der Waals surface area contributed by atoms with Crippen LogP contribution in [0.25, 0.3) is 5.57 Å². The van der Waals surface area contributed by atoms with Gasteiger partial charge >= 0.3 is 0 Å². The van der Waals surface area contributed by atoms with Crippen LogP contribution in [0.3, 0.4) is 0 Å². The number of hydrogen-bond donors (Lipinski definition) is 0. The minimum absolute atomic E-state index is 0.0347. The average Bonchev–Trinajstić information content (AvgIpc) is 3.13. The van der Waals surface area contributed by atoms with Gasteiger partial charge in [0, 0.05) is 46.1 Å². The number of para-hydroxylation sites is 2. The summed E-state index contributed by atoms with van der Waals surface area (Å²) in [5.74, 6) is 1.01. The van der Waals surface area contributed by atoms with Crippen molar-refractivity contribution in [2.45, 2.75) is 56.7 Å². The second-order valence-corrected chi connectivity index (χ2v) is 13.9. The average molecular weight is 702 g/mol. The second kappa shape index (κ2) is 8.13. The molecule has 0 aliphatic carbocycles. The van der Waals surface area contributed by atoms with E-state index < -0.39 is 5.72 Å². The van der Waals surface area contributed by atoms with Crippen LogP contribution < -0.4 is 14.5 Å². The third-order valence-electron chi connectivity index (χ3n) is 9.01. The van der Waals surface area contributed by atoms with Crippen LogP contribution in [-0.4, -0.2) is 25.9 Å². The van der Waals surface area contributed by atoms with E-state index in [1.165, 1.54) is 40.8 Å². The molecule has 2 unspecified atom stereocenters. The number of hydrogen-bond acceptors (Lipinski definition) is 3. The third kappa shape index (κ3) is 3.20. The Morgan fingerprint density at radius 2 is 1.50 bits per heavy atom. The summed E-state index contributed by atoms with van der Waals surface area (Å²) >= 11 is 4.90. The lowest BCUT2D eigenvalue weighted by Crippen LogP contribution is -2.58. The molecular weight excluding hydrogens is 670 g/mol. The molecule has 2 atom stereocenters. The molecule has 3 aliphatic rings. The molecule has 0 bridgehead atoms. The first kappa shape index (κ1) is 24.6. The molecule has 3 aromatic carbocycles. The van der Waals surface area contributed by atoms with Gasteiger partial charge in [0.15, 0.2) is 0 Å². The SMILES string of the molecule is CN1c2ccccc2C(C)(C)C1CC1=CC2(Oc3c(I)cc(I)cc31)N(C)c1ccccc1C2(C)C. The molecule has 0 N–H and O–H groups in total. The number of anilines is 2. The monoisotopic (exact) mass is 702 g/mol. The first-order valence-corrected chi connectivity index (χ1v) is 14.7. The molecule has 0 fully saturated rings. The molecule has 0 aromatic heterocycles. The summed E-state index contributed by atoms with van der Waals surface area (Å²) in [7, 11) is 4.45. The highest BCUT2D eigenvalue weighted by molar-refractivity contribution is 14.1. The van der Waals surface area contributed by atoms with Crippen LogP contribution in [-0.2, 0) is 10.8 Å². The van der Waals surface area contributed by atoms with Gasteiger partial charge in [-0.05, 0) is 112 Å². The zero-order valence-corrected chi connectivity index (χ0v) is 26.0. The Labute approximate surface area is 242 Å². The molecular formula is C31H32I2N2O. The van der Waals surface area contributed by atoms with Crippen molar-refractivity contribution < 1.29 is 4.74 Å². The van der Waals surface area contributed by atoms with Gasteiger partial charge in [-0.25, -0.2) is 0 Å². The van der Waals surface area contributed by atoms with Crippen molar-refractivity contribution in [2.24, 2.45) is 0 Å². The van der Waals surface area contributed by atoms with Gasteiger partial charge in [0.1, 0.15) is 5.75 Å². The molecule has 36 heavy (non-hydrogen) atoms. The van der Waals surface area contributed by atoms with Crippen LogP contribution in [0.4, 0.5) is 11.4 Å². The van der Waals surface area contributed by atoms with E-state index in [9.17, 15) is 0 Å². The van der Waals surface area contributed by atoms with Crippen LogP contribution in [0.2, 0.25) is 0 Å². The quantitative estimate of drug-likeness (QED) is 0.252. The van der Waals surface area contributed by atoms with Crippen molar-refractivity contribution >= 4 is 62.1 Å².